The highest BCUT2D eigenvalue weighted by atomic mass is 16.6. The first kappa shape index (κ1) is 20.4. The molecule has 0 N–H and O–H groups in total. The molecule has 1 rings (SSSR count). The summed E-state index contributed by atoms with van der Waals surface area (Å²) in [5.41, 5.74) is -0.589. The maximum atomic E-state index is 12.5. The van der Waals surface area contributed by atoms with Gasteiger partial charge in [-0.05, 0) is 11.8 Å². The van der Waals surface area contributed by atoms with Gasteiger partial charge < -0.3 is 9.47 Å². The van der Waals surface area contributed by atoms with Crippen molar-refractivity contribution >= 4 is 17.7 Å². The molecular formula is C19H30O5. The fraction of sp³-hybridized carbons (Fsp3) is 0.737. The standard InChI is InChI=1S/C19H30O5/c1-8-10-12(20)16-13(23-15(21)9-2)11-14(24-17(16)22)19(6,7)18(3,4)5/h14H,8-11H2,1-7H3. The van der Waals surface area contributed by atoms with Gasteiger partial charge in [0.15, 0.2) is 5.78 Å². The van der Waals surface area contributed by atoms with E-state index in [1.54, 1.807) is 6.92 Å². The second-order valence-corrected chi connectivity index (χ2v) is 7.87. The Hall–Kier alpha value is -1.65. The van der Waals surface area contributed by atoms with Crippen LogP contribution in [-0.2, 0) is 23.9 Å². The Labute approximate surface area is 144 Å². The molecule has 0 radical (unpaired) electrons. The van der Waals surface area contributed by atoms with E-state index in [0.717, 1.165) is 0 Å². The van der Waals surface area contributed by atoms with Crippen molar-refractivity contribution in [2.75, 3.05) is 0 Å². The summed E-state index contributed by atoms with van der Waals surface area (Å²) in [6.07, 6.45) is 0.808. The molecule has 0 aliphatic carbocycles. The van der Waals surface area contributed by atoms with Crippen molar-refractivity contribution in [1.82, 2.24) is 0 Å². The first-order chi connectivity index (χ1) is 11.0. The minimum atomic E-state index is -0.680. The van der Waals surface area contributed by atoms with Crippen molar-refractivity contribution in [3.63, 3.8) is 0 Å². The normalized spacial score (nSPS) is 19.1. The van der Waals surface area contributed by atoms with E-state index in [-0.39, 0.29) is 47.2 Å². The number of ether oxygens (including phenoxy) is 2. The zero-order valence-corrected chi connectivity index (χ0v) is 15.9. The van der Waals surface area contributed by atoms with Crippen molar-refractivity contribution in [2.45, 2.75) is 80.3 Å². The highest BCUT2D eigenvalue weighted by Gasteiger charge is 2.47. The van der Waals surface area contributed by atoms with Gasteiger partial charge in [0.2, 0.25) is 0 Å². The molecule has 0 saturated carbocycles. The molecule has 0 aromatic rings. The number of ketones is 1. The first-order valence-corrected chi connectivity index (χ1v) is 8.63. The topological polar surface area (TPSA) is 69.7 Å². The molecule has 0 fully saturated rings. The lowest BCUT2D eigenvalue weighted by molar-refractivity contribution is -0.161. The van der Waals surface area contributed by atoms with Crippen LogP contribution in [-0.4, -0.2) is 23.8 Å². The zero-order valence-electron chi connectivity index (χ0n) is 15.9. The molecule has 0 bridgehead atoms. The summed E-state index contributed by atoms with van der Waals surface area (Å²) >= 11 is 0. The van der Waals surface area contributed by atoms with Crippen LogP contribution in [0.4, 0.5) is 0 Å². The van der Waals surface area contributed by atoms with E-state index in [1.807, 2.05) is 20.8 Å². The number of cyclic esters (lactones) is 1. The van der Waals surface area contributed by atoms with Crippen molar-refractivity contribution in [3.05, 3.63) is 11.3 Å². The third-order valence-corrected chi connectivity index (χ3v) is 5.12. The molecule has 1 heterocycles. The number of rotatable bonds is 6. The minimum absolute atomic E-state index is 0.0976. The van der Waals surface area contributed by atoms with E-state index < -0.39 is 18.0 Å². The molecule has 0 aromatic carbocycles. The van der Waals surface area contributed by atoms with E-state index in [2.05, 4.69) is 20.8 Å². The van der Waals surface area contributed by atoms with Gasteiger partial charge in [-0.1, -0.05) is 48.5 Å². The molecule has 1 aliphatic heterocycles. The van der Waals surface area contributed by atoms with Gasteiger partial charge in [0.05, 0.1) is 0 Å². The molecule has 136 valence electrons. The molecule has 0 saturated heterocycles. The van der Waals surface area contributed by atoms with Crippen molar-refractivity contribution in [2.24, 2.45) is 10.8 Å². The summed E-state index contributed by atoms with van der Waals surface area (Å²) in [4.78, 5) is 36.5. The molecule has 0 amide bonds. The highest BCUT2D eigenvalue weighted by Crippen LogP contribution is 2.46. The van der Waals surface area contributed by atoms with Gasteiger partial charge in [0.25, 0.3) is 0 Å². The third-order valence-electron chi connectivity index (χ3n) is 5.12. The van der Waals surface area contributed by atoms with Crippen LogP contribution < -0.4 is 0 Å². The van der Waals surface area contributed by atoms with Crippen LogP contribution in [0, 0.1) is 10.8 Å². The third kappa shape index (κ3) is 4.25. The Balaban J connectivity index is 3.27. The van der Waals surface area contributed by atoms with Gasteiger partial charge in [-0.3, -0.25) is 9.59 Å². The highest BCUT2D eigenvalue weighted by molar-refractivity contribution is 6.18. The Morgan fingerprint density at radius 3 is 2.21 bits per heavy atom. The Bertz CT molecular complexity index is 549. The van der Waals surface area contributed by atoms with Gasteiger partial charge in [-0.25, -0.2) is 4.79 Å². The lowest BCUT2D eigenvalue weighted by atomic mass is 9.64. The lowest BCUT2D eigenvalue weighted by Crippen LogP contribution is -2.46. The van der Waals surface area contributed by atoms with Crippen molar-refractivity contribution in [1.29, 1.82) is 0 Å². The molecule has 0 aromatic heterocycles. The quantitative estimate of drug-likeness (QED) is 0.542. The van der Waals surface area contributed by atoms with Gasteiger partial charge in [0, 0.05) is 24.7 Å². The average molecular weight is 338 g/mol. The van der Waals surface area contributed by atoms with E-state index in [0.29, 0.717) is 6.42 Å². The molecule has 5 heteroatoms. The summed E-state index contributed by atoms with van der Waals surface area (Å²) in [7, 11) is 0. The zero-order chi connectivity index (χ0) is 18.7. The maximum absolute atomic E-state index is 12.5. The Morgan fingerprint density at radius 2 is 1.75 bits per heavy atom. The molecule has 0 spiro atoms. The number of hydrogen-bond acceptors (Lipinski definition) is 5. The van der Waals surface area contributed by atoms with E-state index in [1.165, 1.54) is 0 Å². The van der Waals surface area contributed by atoms with Crippen molar-refractivity contribution < 1.29 is 23.9 Å². The molecular weight excluding hydrogens is 308 g/mol. The van der Waals surface area contributed by atoms with Crippen LogP contribution in [0.25, 0.3) is 0 Å². The van der Waals surface area contributed by atoms with Crippen LogP contribution in [0.5, 0.6) is 0 Å². The van der Waals surface area contributed by atoms with E-state index in [4.69, 9.17) is 9.47 Å². The fourth-order valence-electron chi connectivity index (χ4n) is 2.42. The molecule has 1 atom stereocenters. The number of carbonyl (C=O) groups is 3. The minimum Gasteiger partial charge on any atom is -0.458 e. The molecule has 1 aliphatic rings. The van der Waals surface area contributed by atoms with Crippen molar-refractivity contribution in [3.8, 4) is 0 Å². The molecule has 1 unspecified atom stereocenters. The summed E-state index contributed by atoms with van der Waals surface area (Å²) < 4.78 is 10.9. The Morgan fingerprint density at radius 1 is 1.17 bits per heavy atom. The predicted molar refractivity (Wildman–Crippen MR) is 91.1 cm³/mol. The van der Waals surface area contributed by atoms with Gasteiger partial charge in [-0.15, -0.1) is 0 Å². The summed E-state index contributed by atoms with van der Waals surface area (Å²) in [6, 6.07) is 0. The largest absolute Gasteiger partial charge is 0.458 e. The number of hydrogen-bond donors (Lipinski definition) is 0. The van der Waals surface area contributed by atoms with Crippen LogP contribution in [0.1, 0.15) is 74.1 Å². The van der Waals surface area contributed by atoms with Gasteiger partial charge in [0.1, 0.15) is 17.4 Å². The molecule has 24 heavy (non-hydrogen) atoms. The average Bonchev–Trinajstić information content (AvgIpc) is 2.45. The Kier molecular flexibility index (Phi) is 6.37. The number of carbonyl (C=O) groups excluding carboxylic acids is 3. The van der Waals surface area contributed by atoms with Crippen LogP contribution in [0.15, 0.2) is 11.3 Å². The second kappa shape index (κ2) is 7.49. The molecule has 5 nitrogen and oxygen atoms in total. The first-order valence-electron chi connectivity index (χ1n) is 8.63. The monoisotopic (exact) mass is 338 g/mol. The number of Topliss-reactive ketones (excluding diaryl/α,β-unsaturated/α-hetero) is 1. The smallest absolute Gasteiger partial charge is 0.345 e. The second-order valence-electron chi connectivity index (χ2n) is 7.87. The van der Waals surface area contributed by atoms with E-state index >= 15 is 0 Å². The number of esters is 2. The summed E-state index contributed by atoms with van der Waals surface area (Å²) in [5, 5.41) is 0. The van der Waals surface area contributed by atoms with Gasteiger partial charge >= 0.3 is 11.9 Å². The summed E-state index contributed by atoms with van der Waals surface area (Å²) in [5.74, 6) is -1.29. The fourth-order valence-corrected chi connectivity index (χ4v) is 2.42. The summed E-state index contributed by atoms with van der Waals surface area (Å²) in [6.45, 7) is 13.8. The van der Waals surface area contributed by atoms with E-state index in [9.17, 15) is 14.4 Å². The van der Waals surface area contributed by atoms with Crippen LogP contribution in [0.3, 0.4) is 0 Å². The maximum Gasteiger partial charge on any atom is 0.345 e. The predicted octanol–water partition coefficient (Wildman–Crippen LogP) is 3.95. The SMILES string of the molecule is CCCC(=O)C1=C(OC(=O)CC)CC(C(C)(C)C(C)(C)C)OC1=O. The van der Waals surface area contributed by atoms with Crippen LogP contribution in [0.2, 0.25) is 0 Å². The van der Waals surface area contributed by atoms with Gasteiger partial charge in [-0.2, -0.15) is 0 Å². The van der Waals surface area contributed by atoms with Crippen LogP contribution >= 0.6 is 0 Å². The lowest BCUT2D eigenvalue weighted by Gasteiger charge is -2.45.